The normalized spacial score (nSPS) is 15.0. The number of carbonyl (C=O) groups excluding carboxylic acids is 3. The van der Waals surface area contributed by atoms with E-state index in [-0.39, 0.29) is 142 Å². The van der Waals surface area contributed by atoms with Crippen LogP contribution in [0.15, 0.2) is 0 Å². The van der Waals surface area contributed by atoms with Crippen LogP contribution >= 0.6 is 0 Å². The molecule has 0 spiro atoms. The second-order valence-electron chi connectivity index (χ2n) is 19.9. The summed E-state index contributed by atoms with van der Waals surface area (Å²) in [7, 11) is 8.96. The molecule has 8 N–H and O–H groups in total. The zero-order valence-electron chi connectivity index (χ0n) is 53.5. The van der Waals surface area contributed by atoms with Crippen LogP contribution in [-0.4, -0.2) is 334 Å². The van der Waals surface area contributed by atoms with E-state index in [4.69, 9.17) is 24.4 Å². The van der Waals surface area contributed by atoms with Crippen molar-refractivity contribution in [3.8, 4) is 0 Å². The number of morpholine rings is 1. The maximum Gasteiger partial charge on any atom is 0.219 e. The van der Waals surface area contributed by atoms with Crippen LogP contribution in [0.4, 0.5) is 0 Å². The molecule has 2 aliphatic rings. The smallest absolute Gasteiger partial charge is 0.219 e. The standard InChI is InChI=1S/C10H20N2O2.C10H22N2O2.C10H23NO3.C9H19NO2.C8H19NO3.C8H17NO2.6ClH/c1-3-10(14)8-11-4-6-12(7-5-11)9(2)13;1-5-10(14)8-11(3)6-7-12(4)9(2)13;1-4-10(12)9-11(5-7-13-2)6-8-14-3;1-4-8(11)6-10(3)7-9(12)5-2;1-2-8(12)7-9(3-5-10)4-6-11;1-2-8(10)7-9-3-5-11-6-4-9;;;;;;/h10,14H,3-8H2,1-2H3;10,14H,5-8H2,1-4H3;10,12H,4-9H2,1-3H3;8,11H,4-7H2,1-3H3;8,10-12H,2-7H2,1H3;8,10H,2-7H2,1H3;6*1H/p-6. The van der Waals surface area contributed by atoms with Crippen molar-refractivity contribution < 1.29 is 144 Å². The van der Waals surface area contributed by atoms with Crippen molar-refractivity contribution in [1.29, 1.82) is 0 Å². The number of ketones is 1. The van der Waals surface area contributed by atoms with Gasteiger partial charge in [-0.25, -0.2) is 0 Å². The van der Waals surface area contributed by atoms with Gasteiger partial charge in [0.25, 0.3) is 0 Å². The van der Waals surface area contributed by atoms with E-state index in [1.807, 2.05) is 82.2 Å². The van der Waals surface area contributed by atoms with Crippen LogP contribution in [0.3, 0.4) is 0 Å². The van der Waals surface area contributed by atoms with Gasteiger partial charge in [-0.1, -0.05) is 48.5 Å². The summed E-state index contributed by atoms with van der Waals surface area (Å²) >= 11 is 0. The third-order valence-electron chi connectivity index (χ3n) is 12.9. The highest BCUT2D eigenvalue weighted by Gasteiger charge is 2.20. The minimum atomic E-state index is -0.358. The molecule has 2 aliphatic heterocycles. The maximum atomic E-state index is 11.0. The Hall–Kier alpha value is -0.330. The van der Waals surface area contributed by atoms with E-state index in [0.717, 1.165) is 117 Å². The maximum absolute atomic E-state index is 11.0. The molecule has 28 heteroatoms. The summed E-state index contributed by atoms with van der Waals surface area (Å²) in [5.74, 6) is 0.455. The van der Waals surface area contributed by atoms with Crippen LogP contribution in [0, 0.1) is 0 Å². The van der Waals surface area contributed by atoms with Gasteiger partial charge in [-0.15, -0.1) is 0 Å². The topological polar surface area (TPSA) is 267 Å². The Morgan fingerprint density at radius 2 is 0.831 bits per heavy atom. The van der Waals surface area contributed by atoms with Gasteiger partial charge in [0.05, 0.1) is 82.8 Å². The summed E-state index contributed by atoms with van der Waals surface area (Å²) in [6.07, 6.45) is 3.67. The van der Waals surface area contributed by atoms with E-state index < -0.39 is 0 Å². The Morgan fingerprint density at radius 1 is 0.482 bits per heavy atom. The van der Waals surface area contributed by atoms with Crippen molar-refractivity contribution in [2.45, 2.75) is 144 Å². The van der Waals surface area contributed by atoms with E-state index in [2.05, 4.69) is 14.7 Å². The highest BCUT2D eigenvalue weighted by molar-refractivity contribution is 5.80. The lowest BCUT2D eigenvalue weighted by Crippen LogP contribution is -3.00. The number of β-amino-alcohol motifs (C(OH)–C–C–N with tert-alkyl or cyclic N) is 2. The number of amides is 2. The van der Waals surface area contributed by atoms with Gasteiger partial charge < -0.3 is 144 Å². The first-order valence-electron chi connectivity index (χ1n) is 28.6. The first kappa shape index (κ1) is 104. The molecule has 0 saturated carbocycles. The molecule has 0 aromatic heterocycles. The Balaban J connectivity index is -0.0000000951. The fraction of sp³-hybridized carbons (Fsp3) is 0.945. The average molecular weight is 1330 g/mol. The summed E-state index contributed by atoms with van der Waals surface area (Å²) in [6, 6.07) is 0. The van der Waals surface area contributed by atoms with Gasteiger partial charge in [0, 0.05) is 159 Å². The van der Waals surface area contributed by atoms with E-state index in [9.17, 15) is 45.0 Å². The number of halogens is 6. The summed E-state index contributed by atoms with van der Waals surface area (Å²) in [5.41, 5.74) is 0. The van der Waals surface area contributed by atoms with Crippen LogP contribution in [0.25, 0.3) is 0 Å². The molecule has 2 fully saturated rings. The molecule has 0 radical (unpaired) electrons. The molecule has 2 heterocycles. The molecule has 0 aromatic rings. The fourth-order valence-electron chi connectivity index (χ4n) is 7.07. The molecule has 6 atom stereocenters. The number of hydrogen-bond donors (Lipinski definition) is 8. The highest BCUT2D eigenvalue weighted by Crippen LogP contribution is 2.05. The van der Waals surface area contributed by atoms with Crippen molar-refractivity contribution >= 4 is 17.6 Å². The monoisotopic (exact) mass is 1330 g/mol. The van der Waals surface area contributed by atoms with Crippen molar-refractivity contribution in [3.05, 3.63) is 0 Å². The lowest BCUT2D eigenvalue weighted by atomic mass is 10.2. The predicted molar refractivity (Wildman–Crippen MR) is 308 cm³/mol. The van der Waals surface area contributed by atoms with E-state index in [1.165, 1.54) is 0 Å². The highest BCUT2D eigenvalue weighted by atomic mass is 35.5. The molecule has 0 aliphatic carbocycles. The number of Topliss-reactive ketones (excluding diaryl/α,β-unsaturated/α-hetero) is 1. The number of piperazine rings is 1. The number of methoxy groups -OCH3 is 2. The second kappa shape index (κ2) is 72.4. The number of nitrogens with zero attached hydrogens (tertiary/aromatic N) is 8. The van der Waals surface area contributed by atoms with Crippen LogP contribution in [-0.2, 0) is 28.6 Å². The summed E-state index contributed by atoms with van der Waals surface area (Å²) in [6.45, 7) is 33.9. The van der Waals surface area contributed by atoms with Crippen LogP contribution in [0.2, 0.25) is 0 Å². The van der Waals surface area contributed by atoms with Gasteiger partial charge in [-0.3, -0.25) is 38.9 Å². The predicted octanol–water partition coefficient (Wildman–Crippen LogP) is -17.7. The molecule has 0 aromatic carbocycles. The van der Waals surface area contributed by atoms with Gasteiger partial charge in [0.2, 0.25) is 11.8 Å². The number of ether oxygens (including phenoxy) is 3. The zero-order valence-corrected chi connectivity index (χ0v) is 58.0. The first-order valence-corrected chi connectivity index (χ1v) is 28.6. The number of carbonyl (C=O) groups is 3. The Bertz CT molecular complexity index is 1330. The van der Waals surface area contributed by atoms with E-state index in [1.54, 1.807) is 40.0 Å². The zero-order chi connectivity index (χ0) is 59.6. The van der Waals surface area contributed by atoms with Crippen LogP contribution in [0.5, 0.6) is 0 Å². The number of likely N-dealkylation sites (N-methyl/N-ethyl adjacent to an activating group) is 3. The molecule has 2 saturated heterocycles. The largest absolute Gasteiger partial charge is 1.00 e. The average Bonchev–Trinajstić information content (AvgIpc) is 3.41. The van der Waals surface area contributed by atoms with Crippen molar-refractivity contribution in [2.75, 3.05) is 199 Å². The lowest BCUT2D eigenvalue weighted by molar-refractivity contribution is -0.130. The molecule has 83 heavy (non-hydrogen) atoms. The van der Waals surface area contributed by atoms with Gasteiger partial charge in [-0.05, 0) is 52.6 Å². The molecule has 22 nitrogen and oxygen atoms in total. The number of rotatable bonds is 34. The minimum absolute atomic E-state index is 0. The Kier molecular flexibility index (Phi) is 91.1. The van der Waals surface area contributed by atoms with Crippen molar-refractivity contribution in [1.82, 2.24) is 39.2 Å². The number of aliphatic hydroxyl groups excluding tert-OH is 8. The molecule has 6 unspecified atom stereocenters. The summed E-state index contributed by atoms with van der Waals surface area (Å²) < 4.78 is 15.2. The van der Waals surface area contributed by atoms with Crippen molar-refractivity contribution in [2.24, 2.45) is 0 Å². The lowest BCUT2D eigenvalue weighted by Gasteiger charge is -2.34. The minimum Gasteiger partial charge on any atom is -1.00 e. The van der Waals surface area contributed by atoms with Gasteiger partial charge in [0.1, 0.15) is 5.78 Å². The molecule has 2 amide bonds. The Morgan fingerprint density at radius 3 is 1.16 bits per heavy atom. The van der Waals surface area contributed by atoms with Crippen molar-refractivity contribution in [3.63, 3.8) is 0 Å². The quantitative estimate of drug-likeness (QED) is 0.0298. The third-order valence-corrected chi connectivity index (χ3v) is 12.9. The van der Waals surface area contributed by atoms with Crippen LogP contribution < -0.4 is 74.4 Å². The first-order chi connectivity index (χ1) is 36.5. The molecule has 0 bridgehead atoms. The number of hydrogen-bond acceptors (Lipinski definition) is 20. The van der Waals surface area contributed by atoms with E-state index in [0.29, 0.717) is 78.4 Å². The molecule has 512 valence electrons. The van der Waals surface area contributed by atoms with Gasteiger partial charge >= 0.3 is 0 Å². The molecular weight excluding hydrogens is 1210 g/mol. The molecule has 2 rings (SSSR count). The third kappa shape index (κ3) is 69.0. The Labute approximate surface area is 541 Å². The summed E-state index contributed by atoms with van der Waals surface area (Å²) in [4.78, 5) is 48.8. The fourth-order valence-corrected chi connectivity index (χ4v) is 7.07. The van der Waals surface area contributed by atoms with Gasteiger partial charge in [0.15, 0.2) is 0 Å². The SMILES string of the molecule is CCC(=O)CN(C)CC(O)CC.CCC(O)CN(C)CCN(C)C(C)=O.CCC(O)CN(CCO)CCO.CCC(O)CN(CCOC)CCOC.CCC(O)CN1CCN(C(C)=O)CC1.CCC(O)CN1CCOCC1.[Cl-].[Cl-].[Cl-].[Cl-].[Cl-].[Cl-]. The van der Waals surface area contributed by atoms with E-state index >= 15 is 0 Å². The van der Waals surface area contributed by atoms with Gasteiger partial charge in [-0.2, -0.15) is 0 Å². The summed E-state index contributed by atoms with van der Waals surface area (Å²) in [5, 5.41) is 73.5. The number of aliphatic hydroxyl groups is 8. The molecular formula is C55H120Cl6N8O14-6. The van der Waals surface area contributed by atoms with Crippen LogP contribution in [0.1, 0.15) is 107 Å². The second-order valence-corrected chi connectivity index (χ2v) is 19.9.